The minimum atomic E-state index is -4.65. The minimum absolute atomic E-state index is 0.0596. The Balaban J connectivity index is 1.90. The van der Waals surface area contributed by atoms with Gasteiger partial charge in [-0.3, -0.25) is 9.52 Å². The molecule has 1 saturated heterocycles. The fraction of sp³-hybridized carbons (Fsp3) is 0.278. The van der Waals surface area contributed by atoms with Crippen molar-refractivity contribution in [3.8, 4) is 5.75 Å². The van der Waals surface area contributed by atoms with Gasteiger partial charge >= 0.3 is 6.18 Å². The van der Waals surface area contributed by atoms with Gasteiger partial charge in [-0.2, -0.15) is 13.2 Å². The topological polar surface area (TPSA) is 75.7 Å². The number of sulfonamides is 1. The highest BCUT2D eigenvalue weighted by atomic mass is 32.2. The van der Waals surface area contributed by atoms with Gasteiger partial charge in [0, 0.05) is 19.0 Å². The number of nitrogens with one attached hydrogen (secondary N) is 1. The number of nitrogens with zero attached hydrogens (tertiary/aromatic N) is 1. The van der Waals surface area contributed by atoms with E-state index in [4.69, 9.17) is 4.74 Å². The molecule has 0 radical (unpaired) electrons. The lowest BCUT2D eigenvalue weighted by atomic mass is 10.2. The third-order valence-electron chi connectivity index (χ3n) is 4.27. The van der Waals surface area contributed by atoms with Crippen molar-refractivity contribution in [3.63, 3.8) is 0 Å². The van der Waals surface area contributed by atoms with E-state index in [0.717, 1.165) is 18.2 Å². The summed E-state index contributed by atoms with van der Waals surface area (Å²) in [7, 11) is -2.87. The molecule has 28 heavy (non-hydrogen) atoms. The zero-order valence-corrected chi connectivity index (χ0v) is 15.6. The van der Waals surface area contributed by atoms with Crippen molar-refractivity contribution in [1.29, 1.82) is 0 Å². The van der Waals surface area contributed by atoms with Crippen LogP contribution in [0.3, 0.4) is 0 Å². The summed E-state index contributed by atoms with van der Waals surface area (Å²) in [5.41, 5.74) is -0.451. The molecule has 2 aromatic carbocycles. The van der Waals surface area contributed by atoms with Crippen molar-refractivity contribution in [2.75, 3.05) is 23.3 Å². The van der Waals surface area contributed by atoms with Crippen LogP contribution in [-0.2, 0) is 21.0 Å². The second-order valence-corrected chi connectivity index (χ2v) is 7.85. The van der Waals surface area contributed by atoms with Gasteiger partial charge in [-0.05, 0) is 36.8 Å². The molecule has 0 saturated carbocycles. The molecule has 1 N–H and O–H groups in total. The third kappa shape index (κ3) is 4.06. The second kappa shape index (κ2) is 7.34. The number of ether oxygens (including phenoxy) is 1. The van der Waals surface area contributed by atoms with Crippen LogP contribution in [0.15, 0.2) is 47.4 Å². The number of hydrogen-bond donors (Lipinski definition) is 1. The lowest BCUT2D eigenvalue weighted by Crippen LogP contribution is -2.24. The van der Waals surface area contributed by atoms with E-state index in [9.17, 15) is 26.4 Å². The van der Waals surface area contributed by atoms with Crippen molar-refractivity contribution in [2.45, 2.75) is 23.9 Å². The number of halogens is 3. The highest BCUT2D eigenvalue weighted by Gasteiger charge is 2.32. The Bertz CT molecular complexity index is 1010. The molecule has 0 bridgehead atoms. The standard InChI is InChI=1S/C18H17F3N2O4S/c1-27-16-11-13(7-8-15(16)23-9-3-6-17(23)24)22-28(25,26)14-5-2-4-12(10-14)18(19,20)21/h2,4-5,7-8,10-11,22H,3,6,9H2,1H3. The van der Waals surface area contributed by atoms with Gasteiger partial charge in [0.2, 0.25) is 5.91 Å². The van der Waals surface area contributed by atoms with E-state index in [1.807, 2.05) is 0 Å². The number of anilines is 2. The molecule has 0 atom stereocenters. The SMILES string of the molecule is COc1cc(NS(=O)(=O)c2cccc(C(F)(F)F)c2)ccc1N1CCCC1=O. The van der Waals surface area contributed by atoms with Crippen LogP contribution in [0.4, 0.5) is 24.5 Å². The maximum Gasteiger partial charge on any atom is 0.416 e. The van der Waals surface area contributed by atoms with E-state index in [1.54, 1.807) is 4.90 Å². The molecule has 0 unspecified atom stereocenters. The summed E-state index contributed by atoms with van der Waals surface area (Å²) in [5, 5.41) is 0. The Morgan fingerprint density at radius 2 is 1.89 bits per heavy atom. The van der Waals surface area contributed by atoms with Crippen molar-refractivity contribution >= 4 is 27.3 Å². The van der Waals surface area contributed by atoms with Gasteiger partial charge in [0.15, 0.2) is 0 Å². The lowest BCUT2D eigenvalue weighted by molar-refractivity contribution is -0.137. The largest absolute Gasteiger partial charge is 0.494 e. The van der Waals surface area contributed by atoms with Crippen molar-refractivity contribution in [2.24, 2.45) is 0 Å². The van der Waals surface area contributed by atoms with Crippen LogP contribution in [0, 0.1) is 0 Å². The van der Waals surface area contributed by atoms with Crippen molar-refractivity contribution < 1.29 is 31.1 Å². The van der Waals surface area contributed by atoms with E-state index in [2.05, 4.69) is 4.72 Å². The first-order chi connectivity index (χ1) is 13.1. The predicted molar refractivity (Wildman–Crippen MR) is 96.8 cm³/mol. The average Bonchev–Trinajstić information content (AvgIpc) is 3.06. The van der Waals surface area contributed by atoms with E-state index < -0.39 is 26.7 Å². The summed E-state index contributed by atoms with van der Waals surface area (Å²) in [6.45, 7) is 0.532. The second-order valence-electron chi connectivity index (χ2n) is 6.17. The number of amides is 1. The molecule has 3 rings (SSSR count). The molecule has 1 aliphatic heterocycles. The van der Waals surface area contributed by atoms with Gasteiger partial charge in [-0.1, -0.05) is 6.07 Å². The first-order valence-electron chi connectivity index (χ1n) is 8.30. The fourth-order valence-electron chi connectivity index (χ4n) is 2.92. The first-order valence-corrected chi connectivity index (χ1v) is 9.78. The average molecular weight is 414 g/mol. The van der Waals surface area contributed by atoms with Crippen LogP contribution < -0.4 is 14.4 Å². The quantitative estimate of drug-likeness (QED) is 0.811. The molecular weight excluding hydrogens is 397 g/mol. The lowest BCUT2D eigenvalue weighted by Gasteiger charge is -2.20. The summed E-state index contributed by atoms with van der Waals surface area (Å²) in [4.78, 5) is 13.0. The van der Waals surface area contributed by atoms with Crippen LogP contribution in [0.25, 0.3) is 0 Å². The van der Waals surface area contributed by atoms with E-state index >= 15 is 0 Å². The summed E-state index contributed by atoms with van der Waals surface area (Å²) in [6, 6.07) is 7.81. The number of rotatable bonds is 5. The maximum absolute atomic E-state index is 12.8. The smallest absolute Gasteiger partial charge is 0.416 e. The summed E-state index contributed by atoms with van der Waals surface area (Å²) < 4.78 is 71.0. The Hall–Kier alpha value is -2.75. The molecular formula is C18H17F3N2O4S. The van der Waals surface area contributed by atoms with Crippen LogP contribution in [0.2, 0.25) is 0 Å². The molecule has 0 spiro atoms. The van der Waals surface area contributed by atoms with Crippen LogP contribution in [-0.4, -0.2) is 28.0 Å². The Morgan fingerprint density at radius 3 is 2.50 bits per heavy atom. The molecule has 0 aliphatic carbocycles. The van der Waals surface area contributed by atoms with Gasteiger partial charge in [0.25, 0.3) is 10.0 Å². The van der Waals surface area contributed by atoms with Crippen LogP contribution in [0.5, 0.6) is 5.75 Å². The molecule has 1 amide bonds. The van der Waals surface area contributed by atoms with Gasteiger partial charge in [0.05, 0.1) is 28.9 Å². The van der Waals surface area contributed by atoms with Gasteiger partial charge < -0.3 is 9.64 Å². The summed E-state index contributed by atoms with van der Waals surface area (Å²) in [6.07, 6.45) is -3.52. The molecule has 1 aliphatic rings. The molecule has 2 aromatic rings. The molecule has 10 heteroatoms. The van der Waals surface area contributed by atoms with Gasteiger partial charge in [-0.15, -0.1) is 0 Å². The van der Waals surface area contributed by atoms with E-state index in [0.29, 0.717) is 31.1 Å². The van der Waals surface area contributed by atoms with Crippen molar-refractivity contribution in [1.82, 2.24) is 0 Å². The zero-order chi connectivity index (χ0) is 20.5. The van der Waals surface area contributed by atoms with Crippen LogP contribution >= 0.6 is 0 Å². The van der Waals surface area contributed by atoms with E-state index in [1.165, 1.54) is 25.3 Å². The highest BCUT2D eigenvalue weighted by Crippen LogP contribution is 2.35. The summed E-state index contributed by atoms with van der Waals surface area (Å²) >= 11 is 0. The minimum Gasteiger partial charge on any atom is -0.494 e. The number of methoxy groups -OCH3 is 1. The molecule has 1 fully saturated rings. The Morgan fingerprint density at radius 1 is 1.14 bits per heavy atom. The van der Waals surface area contributed by atoms with Crippen molar-refractivity contribution in [3.05, 3.63) is 48.0 Å². The predicted octanol–water partition coefficient (Wildman–Crippen LogP) is 3.64. The fourth-order valence-corrected chi connectivity index (χ4v) is 4.02. The third-order valence-corrected chi connectivity index (χ3v) is 5.65. The first kappa shape index (κ1) is 20.0. The zero-order valence-electron chi connectivity index (χ0n) is 14.8. The van der Waals surface area contributed by atoms with Gasteiger partial charge in [0.1, 0.15) is 5.75 Å². The number of hydrogen-bond acceptors (Lipinski definition) is 4. The monoisotopic (exact) mass is 414 g/mol. The Labute approximate surface area is 160 Å². The number of alkyl halides is 3. The van der Waals surface area contributed by atoms with E-state index in [-0.39, 0.29) is 17.3 Å². The number of carbonyl (C=O) groups is 1. The number of benzene rings is 2. The molecule has 1 heterocycles. The molecule has 6 nitrogen and oxygen atoms in total. The maximum atomic E-state index is 12.8. The normalized spacial score (nSPS) is 15.0. The highest BCUT2D eigenvalue weighted by molar-refractivity contribution is 7.92. The molecule has 0 aromatic heterocycles. The number of carbonyl (C=O) groups excluding carboxylic acids is 1. The van der Waals surface area contributed by atoms with Gasteiger partial charge in [-0.25, -0.2) is 8.42 Å². The summed E-state index contributed by atoms with van der Waals surface area (Å²) in [5.74, 6) is 0.218. The molecule has 150 valence electrons. The van der Waals surface area contributed by atoms with Crippen LogP contribution in [0.1, 0.15) is 18.4 Å². The Kier molecular flexibility index (Phi) is 5.24.